The summed E-state index contributed by atoms with van der Waals surface area (Å²) in [7, 11) is 0. The second-order valence-corrected chi connectivity index (χ2v) is 16.0. The molecule has 0 radical (unpaired) electrons. The molecule has 52 heavy (non-hydrogen) atoms. The number of aryl methyl sites for hydroxylation is 1. The molecule has 0 aromatic heterocycles. The van der Waals surface area contributed by atoms with Gasteiger partial charge in [0.1, 0.15) is 0 Å². The second kappa shape index (κ2) is 33.7. The topological polar surface area (TPSA) is 52.6 Å². The van der Waals surface area contributed by atoms with Gasteiger partial charge in [0.15, 0.2) is 0 Å². The number of ether oxygens (including phenoxy) is 2. The lowest BCUT2D eigenvalue weighted by atomic mass is 9.89. The van der Waals surface area contributed by atoms with Crippen LogP contribution in [-0.4, -0.2) is 25.2 Å². The Bertz CT molecular complexity index is 1000. The molecule has 0 amide bonds. The van der Waals surface area contributed by atoms with Crippen LogP contribution in [0.4, 0.5) is 0 Å². The highest BCUT2D eigenvalue weighted by Gasteiger charge is 2.26. The van der Waals surface area contributed by atoms with Crippen molar-refractivity contribution in [2.45, 2.75) is 234 Å². The minimum absolute atomic E-state index is 0.327. The molecule has 0 saturated heterocycles. The fraction of sp³-hybridized carbons (Fsp3) is 0.833. The summed E-state index contributed by atoms with van der Waals surface area (Å²) in [6.45, 7) is 14.2. The van der Waals surface area contributed by atoms with Crippen molar-refractivity contribution < 1.29 is 19.1 Å². The first-order valence-electron chi connectivity index (χ1n) is 23.0. The second-order valence-electron chi connectivity index (χ2n) is 16.0. The van der Waals surface area contributed by atoms with E-state index in [1.807, 2.05) is 6.07 Å². The van der Waals surface area contributed by atoms with Crippen molar-refractivity contribution in [3.05, 3.63) is 34.4 Å². The molecule has 0 heterocycles. The summed E-state index contributed by atoms with van der Waals surface area (Å²) in [4.78, 5) is 28.0. The zero-order valence-electron chi connectivity index (χ0n) is 35.6. The maximum absolute atomic E-state index is 14.2. The summed E-state index contributed by atoms with van der Waals surface area (Å²) < 4.78 is 12.1. The molecule has 4 nitrogen and oxygen atoms in total. The van der Waals surface area contributed by atoms with Crippen LogP contribution in [0.5, 0.6) is 0 Å². The monoisotopic (exact) mass is 727 g/mol. The molecule has 2 unspecified atom stereocenters. The number of hydrogen-bond donors (Lipinski definition) is 0. The van der Waals surface area contributed by atoms with Gasteiger partial charge in [-0.1, -0.05) is 202 Å². The van der Waals surface area contributed by atoms with E-state index < -0.39 is 0 Å². The third kappa shape index (κ3) is 22.4. The number of unbranched alkanes of at least 4 members (excludes halogenated alkanes) is 20. The highest BCUT2D eigenvalue weighted by molar-refractivity contribution is 6.04. The van der Waals surface area contributed by atoms with Gasteiger partial charge in [0, 0.05) is 0 Å². The molecule has 302 valence electrons. The Kier molecular flexibility index (Phi) is 31.2. The smallest absolute Gasteiger partial charge is 0.339 e. The fourth-order valence-electron chi connectivity index (χ4n) is 7.54. The van der Waals surface area contributed by atoms with Gasteiger partial charge < -0.3 is 9.47 Å². The molecular formula is C48H86O4. The van der Waals surface area contributed by atoms with Crippen LogP contribution in [0.15, 0.2) is 12.1 Å². The maximum atomic E-state index is 14.2. The van der Waals surface area contributed by atoms with Crippen molar-refractivity contribution >= 4 is 11.9 Å². The lowest BCUT2D eigenvalue weighted by Crippen LogP contribution is -2.22. The van der Waals surface area contributed by atoms with Crippen molar-refractivity contribution in [1.29, 1.82) is 0 Å². The molecule has 0 aliphatic carbocycles. The SMILES string of the molecule is CCCCCCCCCCCCc1ccc(C(=O)OCC(CC)CCCC)c(C(=O)OCC(CC)CCCC)c1CCCCCCCCCCCC. The van der Waals surface area contributed by atoms with Gasteiger partial charge in [-0.2, -0.15) is 0 Å². The van der Waals surface area contributed by atoms with Gasteiger partial charge in [-0.15, -0.1) is 0 Å². The van der Waals surface area contributed by atoms with Crippen LogP contribution in [0, 0.1) is 11.8 Å². The number of hydrogen-bond acceptors (Lipinski definition) is 4. The molecule has 0 fully saturated rings. The summed E-state index contributed by atoms with van der Waals surface area (Å²) in [6.07, 6.45) is 36.2. The molecule has 4 heteroatoms. The van der Waals surface area contributed by atoms with Crippen molar-refractivity contribution in [2.24, 2.45) is 11.8 Å². The number of carbonyl (C=O) groups is 2. The first-order chi connectivity index (χ1) is 25.5. The molecule has 2 atom stereocenters. The van der Waals surface area contributed by atoms with Gasteiger partial charge in [0.25, 0.3) is 0 Å². The van der Waals surface area contributed by atoms with Crippen LogP contribution in [0.1, 0.15) is 253 Å². The van der Waals surface area contributed by atoms with E-state index in [1.54, 1.807) is 0 Å². The standard InChI is InChI=1S/C48H86O4/c1-7-13-17-19-21-23-25-27-29-31-35-43-37-38-45(47(49)51-39-41(11-5)33-15-9-3)46(48(50)52-40-42(12-6)34-16-10-4)44(43)36-32-30-28-26-24-22-20-18-14-8-2/h37-38,41-42H,7-36,39-40H2,1-6H3. The van der Waals surface area contributed by atoms with E-state index in [4.69, 9.17) is 9.47 Å². The van der Waals surface area contributed by atoms with Crippen LogP contribution in [0.2, 0.25) is 0 Å². The number of carbonyl (C=O) groups excluding carboxylic acids is 2. The average molecular weight is 727 g/mol. The number of esters is 2. The van der Waals surface area contributed by atoms with Crippen molar-refractivity contribution in [2.75, 3.05) is 13.2 Å². The summed E-state index contributed by atoms with van der Waals surface area (Å²) in [5.74, 6) is 0.00926. The Labute approximate surface area is 323 Å². The van der Waals surface area contributed by atoms with Gasteiger partial charge in [0.05, 0.1) is 24.3 Å². The molecule has 0 saturated carbocycles. The number of benzene rings is 1. The molecule has 0 N–H and O–H groups in total. The summed E-state index contributed by atoms with van der Waals surface area (Å²) >= 11 is 0. The fourth-order valence-corrected chi connectivity index (χ4v) is 7.54. The third-order valence-corrected chi connectivity index (χ3v) is 11.4. The maximum Gasteiger partial charge on any atom is 0.339 e. The molecule has 0 spiro atoms. The van der Waals surface area contributed by atoms with E-state index in [2.05, 4.69) is 47.6 Å². The van der Waals surface area contributed by atoms with E-state index >= 15 is 0 Å². The minimum Gasteiger partial charge on any atom is -0.462 e. The van der Waals surface area contributed by atoms with E-state index in [-0.39, 0.29) is 11.9 Å². The first kappa shape index (κ1) is 48.2. The van der Waals surface area contributed by atoms with Gasteiger partial charge in [-0.25, -0.2) is 9.59 Å². The van der Waals surface area contributed by atoms with E-state index in [0.29, 0.717) is 36.2 Å². The highest BCUT2D eigenvalue weighted by Crippen LogP contribution is 2.28. The van der Waals surface area contributed by atoms with Crippen LogP contribution in [-0.2, 0) is 22.3 Å². The summed E-state index contributed by atoms with van der Waals surface area (Å²) in [5.41, 5.74) is 3.18. The largest absolute Gasteiger partial charge is 0.462 e. The quantitative estimate of drug-likeness (QED) is 0.0510. The van der Waals surface area contributed by atoms with Crippen LogP contribution in [0.25, 0.3) is 0 Å². The predicted octanol–water partition coefficient (Wildman–Crippen LogP) is 15.4. The first-order valence-corrected chi connectivity index (χ1v) is 23.0. The van der Waals surface area contributed by atoms with Crippen LogP contribution in [0.3, 0.4) is 0 Å². The Balaban J connectivity index is 3.19. The minimum atomic E-state index is -0.366. The van der Waals surface area contributed by atoms with Gasteiger partial charge in [-0.05, 0) is 67.6 Å². The molecule has 1 rings (SSSR count). The van der Waals surface area contributed by atoms with Crippen molar-refractivity contribution in [1.82, 2.24) is 0 Å². The lowest BCUT2D eigenvalue weighted by molar-refractivity contribution is 0.0380. The van der Waals surface area contributed by atoms with Crippen molar-refractivity contribution in [3.8, 4) is 0 Å². The molecule has 1 aromatic rings. The molecule has 1 aromatic carbocycles. The normalized spacial score (nSPS) is 12.6. The molecule has 0 aliphatic heterocycles. The molecular weight excluding hydrogens is 641 g/mol. The van der Waals surface area contributed by atoms with E-state index in [9.17, 15) is 9.59 Å². The Morgan fingerprint density at radius 2 is 0.846 bits per heavy atom. The molecule has 0 bridgehead atoms. The van der Waals surface area contributed by atoms with E-state index in [0.717, 1.165) is 89.0 Å². The van der Waals surface area contributed by atoms with Crippen LogP contribution < -0.4 is 0 Å². The van der Waals surface area contributed by atoms with E-state index in [1.165, 1.54) is 115 Å². The highest BCUT2D eigenvalue weighted by atomic mass is 16.5. The average Bonchev–Trinajstić information content (AvgIpc) is 3.16. The summed E-state index contributed by atoms with van der Waals surface area (Å²) in [6, 6.07) is 4.02. The number of rotatable bonds is 36. The Morgan fingerprint density at radius 3 is 1.27 bits per heavy atom. The Hall–Kier alpha value is -1.84. The van der Waals surface area contributed by atoms with Gasteiger partial charge in [-0.3, -0.25) is 0 Å². The Morgan fingerprint density at radius 1 is 0.462 bits per heavy atom. The zero-order chi connectivity index (χ0) is 38.1. The van der Waals surface area contributed by atoms with Gasteiger partial charge in [0.2, 0.25) is 0 Å². The zero-order valence-corrected chi connectivity index (χ0v) is 35.6. The lowest BCUT2D eigenvalue weighted by Gasteiger charge is -2.21. The van der Waals surface area contributed by atoms with Crippen molar-refractivity contribution in [3.63, 3.8) is 0 Å². The van der Waals surface area contributed by atoms with Crippen LogP contribution >= 0.6 is 0 Å². The van der Waals surface area contributed by atoms with Gasteiger partial charge >= 0.3 is 11.9 Å². The molecule has 0 aliphatic rings. The third-order valence-electron chi connectivity index (χ3n) is 11.4. The predicted molar refractivity (Wildman–Crippen MR) is 225 cm³/mol. The summed E-state index contributed by atoms with van der Waals surface area (Å²) in [5, 5.41) is 0.